The molecule has 0 fully saturated rings. The van der Waals surface area contributed by atoms with E-state index in [4.69, 9.17) is 4.74 Å². The van der Waals surface area contributed by atoms with E-state index in [-0.39, 0.29) is 5.91 Å². The van der Waals surface area contributed by atoms with Crippen LogP contribution in [-0.2, 0) is 22.6 Å². The first-order valence-corrected chi connectivity index (χ1v) is 8.42. The molecule has 0 aliphatic heterocycles. The normalized spacial score (nSPS) is 12.7. The number of ether oxygens (including phenoxy) is 1. The number of alkyl carbamates (subject to hydrolysis) is 1. The summed E-state index contributed by atoms with van der Waals surface area (Å²) in [5.41, 5.74) is 1.33. The van der Waals surface area contributed by atoms with Crippen molar-refractivity contribution in [3.8, 4) is 0 Å². The van der Waals surface area contributed by atoms with Gasteiger partial charge in [0, 0.05) is 6.54 Å². The second kappa shape index (κ2) is 7.55. The Labute approximate surface area is 147 Å². The summed E-state index contributed by atoms with van der Waals surface area (Å²) in [7, 11) is 0. The lowest BCUT2D eigenvalue weighted by Gasteiger charge is -2.21. The number of carbonyl (C=O) groups is 2. The highest BCUT2D eigenvalue weighted by molar-refractivity contribution is 5.85. The van der Waals surface area contributed by atoms with Crippen molar-refractivity contribution >= 4 is 23.0 Å². The summed E-state index contributed by atoms with van der Waals surface area (Å²) in [6, 6.07) is 7.15. The highest BCUT2D eigenvalue weighted by atomic mass is 16.6. The zero-order valence-corrected chi connectivity index (χ0v) is 15.4. The Balaban J connectivity index is 1.96. The summed E-state index contributed by atoms with van der Waals surface area (Å²) in [6.45, 7) is 10.0. The molecule has 7 heteroatoms. The van der Waals surface area contributed by atoms with Gasteiger partial charge in [0.15, 0.2) is 0 Å². The minimum Gasteiger partial charge on any atom is -0.444 e. The van der Waals surface area contributed by atoms with Gasteiger partial charge in [0.2, 0.25) is 5.91 Å². The number of hydrogen-bond donors (Lipinski definition) is 2. The number of rotatable bonds is 5. The SMILES string of the molecule is CCn1c(CNC(=O)[C@@H](C)NC(=O)OC(C)(C)C)nc2ccccc21. The number of aromatic nitrogens is 2. The first-order valence-electron chi connectivity index (χ1n) is 8.42. The van der Waals surface area contributed by atoms with Gasteiger partial charge >= 0.3 is 6.09 Å². The molecule has 0 radical (unpaired) electrons. The third-order valence-corrected chi connectivity index (χ3v) is 3.60. The van der Waals surface area contributed by atoms with Crippen LogP contribution in [0.3, 0.4) is 0 Å². The summed E-state index contributed by atoms with van der Waals surface area (Å²) in [6.07, 6.45) is -0.615. The number of imidazole rings is 1. The zero-order valence-electron chi connectivity index (χ0n) is 15.4. The number of aryl methyl sites for hydroxylation is 1. The molecule has 2 rings (SSSR count). The Morgan fingerprint density at radius 3 is 2.60 bits per heavy atom. The van der Waals surface area contributed by atoms with Crippen molar-refractivity contribution in [3.05, 3.63) is 30.1 Å². The molecule has 1 heterocycles. The van der Waals surface area contributed by atoms with E-state index in [1.807, 2.05) is 31.2 Å². The lowest BCUT2D eigenvalue weighted by Crippen LogP contribution is -2.46. The molecule has 0 spiro atoms. The summed E-state index contributed by atoms with van der Waals surface area (Å²) in [4.78, 5) is 28.5. The molecule has 1 atom stereocenters. The van der Waals surface area contributed by atoms with Gasteiger partial charge in [0.05, 0.1) is 17.6 Å². The Morgan fingerprint density at radius 1 is 1.28 bits per heavy atom. The van der Waals surface area contributed by atoms with Gasteiger partial charge in [0.25, 0.3) is 0 Å². The summed E-state index contributed by atoms with van der Waals surface area (Å²) >= 11 is 0. The standard InChI is InChI=1S/C18H26N4O3/c1-6-22-14-10-8-7-9-13(14)21-15(22)11-19-16(23)12(2)20-17(24)25-18(3,4)5/h7-10,12H,6,11H2,1-5H3,(H,19,23)(H,20,24)/t12-/m1/s1. The molecule has 0 bridgehead atoms. The van der Waals surface area contributed by atoms with E-state index in [9.17, 15) is 9.59 Å². The minimum atomic E-state index is -0.700. The Morgan fingerprint density at radius 2 is 1.96 bits per heavy atom. The number of hydrogen-bond acceptors (Lipinski definition) is 4. The largest absolute Gasteiger partial charge is 0.444 e. The zero-order chi connectivity index (χ0) is 18.6. The number of para-hydroxylation sites is 2. The molecular weight excluding hydrogens is 320 g/mol. The van der Waals surface area contributed by atoms with Gasteiger partial charge < -0.3 is 19.9 Å². The van der Waals surface area contributed by atoms with Crippen molar-refractivity contribution in [2.24, 2.45) is 0 Å². The van der Waals surface area contributed by atoms with Crippen molar-refractivity contribution in [3.63, 3.8) is 0 Å². The fraction of sp³-hybridized carbons (Fsp3) is 0.500. The molecule has 0 aliphatic rings. The molecule has 2 aromatic rings. The van der Waals surface area contributed by atoms with Crippen molar-refractivity contribution in [2.45, 2.75) is 59.4 Å². The molecule has 0 saturated heterocycles. The summed E-state index contributed by atoms with van der Waals surface area (Å²) < 4.78 is 7.21. The number of nitrogens with one attached hydrogen (secondary N) is 2. The van der Waals surface area contributed by atoms with Crippen LogP contribution in [0.5, 0.6) is 0 Å². The summed E-state index contributed by atoms with van der Waals surface area (Å²) in [5.74, 6) is 0.488. The molecule has 1 aromatic heterocycles. The first kappa shape index (κ1) is 18.8. The summed E-state index contributed by atoms with van der Waals surface area (Å²) in [5, 5.41) is 5.34. The fourth-order valence-electron chi connectivity index (χ4n) is 2.48. The molecule has 25 heavy (non-hydrogen) atoms. The van der Waals surface area contributed by atoms with E-state index in [2.05, 4.69) is 20.2 Å². The monoisotopic (exact) mass is 346 g/mol. The van der Waals surface area contributed by atoms with E-state index in [0.29, 0.717) is 6.54 Å². The van der Waals surface area contributed by atoms with Gasteiger partial charge in [-0.1, -0.05) is 12.1 Å². The number of carbonyl (C=O) groups excluding carboxylic acids is 2. The average molecular weight is 346 g/mol. The van der Waals surface area contributed by atoms with Crippen LogP contribution in [-0.4, -0.2) is 33.2 Å². The number of amides is 2. The molecule has 0 unspecified atom stereocenters. The Hall–Kier alpha value is -2.57. The minimum absolute atomic E-state index is 0.291. The van der Waals surface area contributed by atoms with E-state index in [1.165, 1.54) is 0 Å². The maximum atomic E-state index is 12.2. The number of benzene rings is 1. The maximum absolute atomic E-state index is 12.2. The van der Waals surface area contributed by atoms with Gasteiger partial charge in [0.1, 0.15) is 17.5 Å². The molecule has 1 aromatic carbocycles. The molecule has 0 saturated carbocycles. The van der Waals surface area contributed by atoms with E-state index in [0.717, 1.165) is 23.4 Å². The van der Waals surface area contributed by atoms with Crippen molar-refractivity contribution in [2.75, 3.05) is 0 Å². The van der Waals surface area contributed by atoms with Gasteiger partial charge in [-0.3, -0.25) is 4.79 Å². The van der Waals surface area contributed by atoms with Gasteiger partial charge in [-0.2, -0.15) is 0 Å². The highest BCUT2D eigenvalue weighted by Crippen LogP contribution is 2.15. The Bertz CT molecular complexity index is 761. The first-order chi connectivity index (χ1) is 11.7. The second-order valence-corrected chi connectivity index (χ2v) is 6.85. The van der Waals surface area contributed by atoms with Crippen LogP contribution >= 0.6 is 0 Å². The second-order valence-electron chi connectivity index (χ2n) is 6.85. The number of nitrogens with zero attached hydrogens (tertiary/aromatic N) is 2. The van der Waals surface area contributed by atoms with E-state index >= 15 is 0 Å². The lowest BCUT2D eigenvalue weighted by atomic mass is 10.2. The third kappa shape index (κ3) is 4.95. The van der Waals surface area contributed by atoms with Crippen molar-refractivity contribution in [1.82, 2.24) is 20.2 Å². The fourth-order valence-corrected chi connectivity index (χ4v) is 2.48. The molecule has 136 valence electrons. The van der Waals surface area contributed by atoms with Crippen LogP contribution in [0.15, 0.2) is 24.3 Å². The van der Waals surface area contributed by atoms with Crippen LogP contribution in [0.4, 0.5) is 4.79 Å². The average Bonchev–Trinajstić information content (AvgIpc) is 2.87. The van der Waals surface area contributed by atoms with Gasteiger partial charge in [-0.25, -0.2) is 9.78 Å². The van der Waals surface area contributed by atoms with Crippen molar-refractivity contribution < 1.29 is 14.3 Å². The van der Waals surface area contributed by atoms with Crippen LogP contribution in [0.1, 0.15) is 40.4 Å². The van der Waals surface area contributed by atoms with Crippen molar-refractivity contribution in [1.29, 1.82) is 0 Å². The van der Waals surface area contributed by atoms with Crippen LogP contribution in [0.2, 0.25) is 0 Å². The van der Waals surface area contributed by atoms with Gasteiger partial charge in [-0.05, 0) is 46.8 Å². The predicted molar refractivity (Wildman–Crippen MR) is 96.1 cm³/mol. The maximum Gasteiger partial charge on any atom is 0.408 e. The van der Waals surface area contributed by atoms with Crippen LogP contribution in [0, 0.1) is 0 Å². The molecule has 7 nitrogen and oxygen atoms in total. The van der Waals surface area contributed by atoms with E-state index in [1.54, 1.807) is 27.7 Å². The highest BCUT2D eigenvalue weighted by Gasteiger charge is 2.21. The quantitative estimate of drug-likeness (QED) is 0.871. The molecule has 0 aliphatic carbocycles. The smallest absolute Gasteiger partial charge is 0.408 e. The lowest BCUT2D eigenvalue weighted by molar-refractivity contribution is -0.123. The van der Waals surface area contributed by atoms with Gasteiger partial charge in [-0.15, -0.1) is 0 Å². The topological polar surface area (TPSA) is 85.2 Å². The molecule has 2 amide bonds. The van der Waals surface area contributed by atoms with Crippen LogP contribution in [0.25, 0.3) is 11.0 Å². The third-order valence-electron chi connectivity index (χ3n) is 3.60. The molecular formula is C18H26N4O3. The molecule has 2 N–H and O–H groups in total. The van der Waals surface area contributed by atoms with Crippen LogP contribution < -0.4 is 10.6 Å². The number of fused-ring (bicyclic) bond motifs is 1. The van der Waals surface area contributed by atoms with E-state index < -0.39 is 17.7 Å². The predicted octanol–water partition coefficient (Wildman–Crippen LogP) is 2.59. The Kier molecular flexibility index (Phi) is 5.66.